The maximum Gasteiger partial charge on any atom is 0.245 e. The van der Waals surface area contributed by atoms with Crippen LogP contribution in [-0.4, -0.2) is 46.8 Å². The normalized spacial score (nSPS) is 16.4. The molecule has 0 saturated carbocycles. The van der Waals surface area contributed by atoms with Gasteiger partial charge in [0, 0.05) is 31.0 Å². The summed E-state index contributed by atoms with van der Waals surface area (Å²) in [7, 11) is 2.02. The molecular weight excluding hydrogens is 264 g/mol. The van der Waals surface area contributed by atoms with Crippen LogP contribution in [0.5, 0.6) is 0 Å². The fourth-order valence-electron chi connectivity index (χ4n) is 2.83. The van der Waals surface area contributed by atoms with Crippen LogP contribution < -0.4 is 10.2 Å². The van der Waals surface area contributed by atoms with Crippen LogP contribution >= 0.6 is 0 Å². The Hall–Kier alpha value is -1.95. The van der Waals surface area contributed by atoms with Crippen LogP contribution in [0, 0.1) is 12.8 Å². The Labute approximate surface area is 125 Å². The fraction of sp³-hybridized carbons (Fsp3) is 0.533. The Balaban J connectivity index is 1.68. The fourth-order valence-corrected chi connectivity index (χ4v) is 2.83. The van der Waals surface area contributed by atoms with Crippen LogP contribution in [0.2, 0.25) is 0 Å². The van der Waals surface area contributed by atoms with Gasteiger partial charge in [0.25, 0.3) is 0 Å². The summed E-state index contributed by atoms with van der Waals surface area (Å²) in [6.07, 6.45) is 6.04. The van der Waals surface area contributed by atoms with Gasteiger partial charge < -0.3 is 10.2 Å². The Morgan fingerprint density at radius 2 is 2.14 bits per heavy atom. The van der Waals surface area contributed by atoms with E-state index in [0.717, 1.165) is 48.5 Å². The number of aryl methyl sites for hydroxylation is 1. The first-order valence-electron chi connectivity index (χ1n) is 7.50. The smallest absolute Gasteiger partial charge is 0.245 e. The number of piperidine rings is 1. The number of anilines is 1. The summed E-state index contributed by atoms with van der Waals surface area (Å²) in [5.41, 5.74) is 2.11. The molecule has 21 heavy (non-hydrogen) atoms. The molecule has 2 N–H and O–H groups in total. The largest absolute Gasteiger partial charge is 0.340 e. The molecule has 2 aromatic heterocycles. The van der Waals surface area contributed by atoms with E-state index in [1.54, 1.807) is 0 Å². The monoisotopic (exact) mass is 286 g/mol. The van der Waals surface area contributed by atoms with Crippen molar-refractivity contribution in [3.63, 3.8) is 0 Å². The Morgan fingerprint density at radius 1 is 1.33 bits per heavy atom. The molecule has 0 amide bonds. The Morgan fingerprint density at radius 3 is 2.86 bits per heavy atom. The first-order chi connectivity index (χ1) is 10.3. The highest BCUT2D eigenvalue weighted by atomic mass is 15.4. The number of pyridine rings is 1. The molecule has 0 aromatic carbocycles. The lowest BCUT2D eigenvalue weighted by atomic mass is 9.97. The standard InChI is InChI=1S/C15H22N6/c1-11-7-13(10-17-8-11)14-18-15(20-19-14)21-5-3-12(4-6-21)9-16-2/h7-8,10,12,16H,3-6,9H2,1-2H3,(H,18,19,20). The number of aromatic amines is 1. The summed E-state index contributed by atoms with van der Waals surface area (Å²) >= 11 is 0. The summed E-state index contributed by atoms with van der Waals surface area (Å²) in [6.45, 7) is 5.17. The van der Waals surface area contributed by atoms with E-state index in [0.29, 0.717) is 0 Å². The van der Waals surface area contributed by atoms with Crippen molar-refractivity contribution in [2.75, 3.05) is 31.6 Å². The molecule has 3 rings (SSSR count). The van der Waals surface area contributed by atoms with E-state index in [2.05, 4.69) is 36.4 Å². The van der Waals surface area contributed by atoms with Crippen molar-refractivity contribution >= 4 is 5.95 Å². The van der Waals surface area contributed by atoms with Gasteiger partial charge in [0.15, 0.2) is 5.82 Å². The van der Waals surface area contributed by atoms with Crippen molar-refractivity contribution in [2.45, 2.75) is 19.8 Å². The molecule has 1 aliphatic heterocycles. The lowest BCUT2D eigenvalue weighted by Gasteiger charge is -2.30. The summed E-state index contributed by atoms with van der Waals surface area (Å²) in [5, 5.41) is 10.7. The average molecular weight is 286 g/mol. The highest BCUT2D eigenvalue weighted by Gasteiger charge is 2.21. The van der Waals surface area contributed by atoms with Gasteiger partial charge in [0.1, 0.15) is 0 Å². The quantitative estimate of drug-likeness (QED) is 0.893. The van der Waals surface area contributed by atoms with Crippen molar-refractivity contribution in [1.29, 1.82) is 0 Å². The number of hydrogen-bond acceptors (Lipinski definition) is 5. The van der Waals surface area contributed by atoms with Crippen LogP contribution in [-0.2, 0) is 0 Å². The van der Waals surface area contributed by atoms with Crippen molar-refractivity contribution in [3.8, 4) is 11.4 Å². The SMILES string of the molecule is CNCC1CCN(c2n[nH]c(-c3cncc(C)c3)n2)CC1. The third-order valence-corrected chi connectivity index (χ3v) is 4.01. The number of hydrogen-bond donors (Lipinski definition) is 2. The zero-order valence-electron chi connectivity index (χ0n) is 12.6. The van der Waals surface area contributed by atoms with E-state index in [1.165, 1.54) is 12.8 Å². The maximum absolute atomic E-state index is 4.62. The molecule has 0 radical (unpaired) electrons. The molecule has 6 nitrogen and oxygen atoms in total. The van der Waals surface area contributed by atoms with Crippen LogP contribution in [0.3, 0.4) is 0 Å². The molecule has 0 aliphatic carbocycles. The average Bonchev–Trinajstić information content (AvgIpc) is 2.98. The predicted molar refractivity (Wildman–Crippen MR) is 83.2 cm³/mol. The van der Waals surface area contributed by atoms with Crippen molar-refractivity contribution in [1.82, 2.24) is 25.5 Å². The lowest BCUT2D eigenvalue weighted by molar-refractivity contribution is 0.391. The molecule has 0 unspecified atom stereocenters. The van der Waals surface area contributed by atoms with E-state index < -0.39 is 0 Å². The minimum atomic E-state index is 0.769. The number of nitrogens with zero attached hydrogens (tertiary/aromatic N) is 4. The number of rotatable bonds is 4. The summed E-state index contributed by atoms with van der Waals surface area (Å²) in [4.78, 5) is 11.1. The Bertz CT molecular complexity index is 585. The second-order valence-corrected chi connectivity index (χ2v) is 5.72. The molecule has 1 saturated heterocycles. The zero-order chi connectivity index (χ0) is 14.7. The van der Waals surface area contributed by atoms with Gasteiger partial charge >= 0.3 is 0 Å². The van der Waals surface area contributed by atoms with Gasteiger partial charge in [-0.25, -0.2) is 0 Å². The molecule has 0 atom stereocenters. The molecule has 112 valence electrons. The minimum Gasteiger partial charge on any atom is -0.340 e. The van der Waals surface area contributed by atoms with Crippen molar-refractivity contribution in [2.24, 2.45) is 5.92 Å². The van der Waals surface area contributed by atoms with Crippen LogP contribution in [0.15, 0.2) is 18.5 Å². The van der Waals surface area contributed by atoms with Gasteiger partial charge in [-0.05, 0) is 50.9 Å². The molecule has 0 spiro atoms. The molecule has 1 fully saturated rings. The van der Waals surface area contributed by atoms with Crippen LogP contribution in [0.25, 0.3) is 11.4 Å². The topological polar surface area (TPSA) is 69.7 Å². The van der Waals surface area contributed by atoms with E-state index >= 15 is 0 Å². The number of H-pyrrole nitrogens is 1. The molecular formula is C15H22N6. The van der Waals surface area contributed by atoms with Gasteiger partial charge in [-0.1, -0.05) is 0 Å². The third kappa shape index (κ3) is 3.21. The van der Waals surface area contributed by atoms with E-state index in [-0.39, 0.29) is 0 Å². The molecule has 1 aliphatic rings. The molecule has 3 heterocycles. The lowest BCUT2D eigenvalue weighted by Crippen LogP contribution is -2.37. The van der Waals surface area contributed by atoms with E-state index in [4.69, 9.17) is 0 Å². The first-order valence-corrected chi connectivity index (χ1v) is 7.50. The van der Waals surface area contributed by atoms with Gasteiger partial charge in [-0.3, -0.25) is 10.1 Å². The minimum absolute atomic E-state index is 0.769. The number of nitrogens with one attached hydrogen (secondary N) is 2. The second-order valence-electron chi connectivity index (χ2n) is 5.72. The van der Waals surface area contributed by atoms with Crippen molar-refractivity contribution in [3.05, 3.63) is 24.0 Å². The predicted octanol–water partition coefficient (Wildman–Crippen LogP) is 1.61. The van der Waals surface area contributed by atoms with Gasteiger partial charge in [0.05, 0.1) is 0 Å². The zero-order valence-corrected chi connectivity index (χ0v) is 12.6. The summed E-state index contributed by atoms with van der Waals surface area (Å²) in [5.74, 6) is 2.36. The van der Waals surface area contributed by atoms with E-state index in [9.17, 15) is 0 Å². The van der Waals surface area contributed by atoms with Crippen LogP contribution in [0.4, 0.5) is 5.95 Å². The molecule has 2 aromatic rings. The van der Waals surface area contributed by atoms with Crippen LogP contribution in [0.1, 0.15) is 18.4 Å². The van der Waals surface area contributed by atoms with Gasteiger partial charge in [0.2, 0.25) is 5.95 Å². The molecule has 0 bridgehead atoms. The van der Waals surface area contributed by atoms with Gasteiger partial charge in [-0.15, -0.1) is 5.10 Å². The van der Waals surface area contributed by atoms with E-state index in [1.807, 2.05) is 26.4 Å². The number of aromatic nitrogens is 4. The molecule has 6 heteroatoms. The highest BCUT2D eigenvalue weighted by molar-refractivity contribution is 5.55. The Kier molecular flexibility index (Phi) is 4.15. The first kappa shape index (κ1) is 14.0. The highest BCUT2D eigenvalue weighted by Crippen LogP contribution is 2.22. The summed E-state index contributed by atoms with van der Waals surface area (Å²) in [6, 6.07) is 2.07. The third-order valence-electron chi connectivity index (χ3n) is 4.01. The second kappa shape index (κ2) is 6.22. The maximum atomic E-state index is 4.62. The van der Waals surface area contributed by atoms with Crippen molar-refractivity contribution < 1.29 is 0 Å². The summed E-state index contributed by atoms with van der Waals surface area (Å²) < 4.78 is 0. The van der Waals surface area contributed by atoms with Gasteiger partial charge in [-0.2, -0.15) is 4.98 Å².